The molecule has 1 amide bonds. The molecule has 1 unspecified atom stereocenters. The fraction of sp³-hybridized carbons (Fsp3) is 0.259. The molecule has 0 heterocycles. The third-order valence-corrected chi connectivity index (χ3v) is 7.05. The summed E-state index contributed by atoms with van der Waals surface area (Å²) >= 11 is 1.43. The lowest BCUT2D eigenvalue weighted by Gasteiger charge is -2.23. The van der Waals surface area contributed by atoms with E-state index < -0.39 is 24.2 Å². The quantitative estimate of drug-likeness (QED) is 0.435. The molecular weight excluding hydrogens is 450 g/mol. The number of alkyl carbamates (subject to hydrolysis) is 1. The minimum absolute atomic E-state index is 0.106. The molecule has 3 aromatic rings. The molecule has 0 radical (unpaired) electrons. The smallest absolute Gasteiger partial charge is 0.408 e. The van der Waals surface area contributed by atoms with Crippen LogP contribution in [0.25, 0.3) is 11.1 Å². The number of aliphatic carboxylic acids is 1. The van der Waals surface area contributed by atoms with Crippen LogP contribution in [-0.2, 0) is 15.3 Å². The van der Waals surface area contributed by atoms with Crippen molar-refractivity contribution >= 4 is 23.8 Å². The summed E-state index contributed by atoms with van der Waals surface area (Å²) in [5.41, 5.74) is 5.53. The van der Waals surface area contributed by atoms with Crippen molar-refractivity contribution in [3.63, 3.8) is 0 Å². The van der Waals surface area contributed by atoms with Crippen LogP contribution in [0.15, 0.2) is 72.8 Å². The first kappa shape index (κ1) is 23.7. The van der Waals surface area contributed by atoms with Gasteiger partial charge in [-0.1, -0.05) is 60.7 Å². The number of carbonyl (C=O) groups excluding carboxylic acids is 1. The van der Waals surface area contributed by atoms with Crippen molar-refractivity contribution < 1.29 is 24.2 Å². The third kappa shape index (κ3) is 5.20. The maximum absolute atomic E-state index is 12.6. The van der Waals surface area contributed by atoms with Gasteiger partial charge in [0, 0.05) is 17.4 Å². The summed E-state index contributed by atoms with van der Waals surface area (Å²) in [5.74, 6) is 0.411. The Morgan fingerprint density at radius 3 is 2.12 bits per heavy atom. The van der Waals surface area contributed by atoms with Crippen LogP contribution in [-0.4, -0.2) is 42.2 Å². The number of amides is 1. The number of thioether (sulfide) groups is 1. The van der Waals surface area contributed by atoms with Crippen molar-refractivity contribution in [2.45, 2.75) is 30.7 Å². The summed E-state index contributed by atoms with van der Waals surface area (Å²) < 4.78 is 10.8. The van der Waals surface area contributed by atoms with Crippen LogP contribution in [0.2, 0.25) is 0 Å². The van der Waals surface area contributed by atoms with Gasteiger partial charge >= 0.3 is 12.1 Å². The van der Waals surface area contributed by atoms with Crippen LogP contribution in [0, 0.1) is 0 Å². The predicted octanol–water partition coefficient (Wildman–Crippen LogP) is 5.31. The zero-order chi connectivity index (χ0) is 24.1. The molecule has 0 spiro atoms. The van der Waals surface area contributed by atoms with Crippen LogP contribution < -0.4 is 10.1 Å². The van der Waals surface area contributed by atoms with Crippen molar-refractivity contribution in [1.29, 1.82) is 0 Å². The standard InChI is InChI=1S/C27H27NO5S/c1-17(25-22-9-5-3-7-20(22)21-8-4-6-10-23(21)25)33-27(31)28-24(26(29)30)16-34-15-18-11-13-19(32-2)14-12-18/h3-14,17,24-25H,15-16H2,1-2H3,(H,28,31)(H,29,30)/t17?,24-/m1/s1. The number of hydrogen-bond donors (Lipinski definition) is 2. The van der Waals surface area contributed by atoms with Crippen molar-refractivity contribution in [2.75, 3.05) is 12.9 Å². The lowest BCUT2D eigenvalue weighted by Crippen LogP contribution is -2.44. The molecule has 2 N–H and O–H groups in total. The van der Waals surface area contributed by atoms with Crippen molar-refractivity contribution in [3.05, 3.63) is 89.5 Å². The predicted molar refractivity (Wildman–Crippen MR) is 133 cm³/mol. The number of hydrogen-bond acceptors (Lipinski definition) is 5. The van der Waals surface area contributed by atoms with Gasteiger partial charge in [-0.25, -0.2) is 9.59 Å². The van der Waals surface area contributed by atoms with E-state index in [0.29, 0.717) is 5.75 Å². The van der Waals surface area contributed by atoms with Crippen LogP contribution >= 0.6 is 11.8 Å². The van der Waals surface area contributed by atoms with Crippen LogP contribution in [0.4, 0.5) is 4.79 Å². The van der Waals surface area contributed by atoms with Crippen molar-refractivity contribution in [3.8, 4) is 16.9 Å². The number of rotatable bonds is 9. The normalized spacial score (nSPS) is 13.9. The van der Waals surface area contributed by atoms with Crippen LogP contribution in [0.3, 0.4) is 0 Å². The molecule has 4 rings (SSSR count). The Kier molecular flexibility index (Phi) is 7.43. The van der Waals surface area contributed by atoms with E-state index in [-0.39, 0.29) is 11.7 Å². The van der Waals surface area contributed by atoms with Gasteiger partial charge < -0.3 is 19.9 Å². The van der Waals surface area contributed by atoms with Gasteiger partial charge in [-0.3, -0.25) is 0 Å². The van der Waals surface area contributed by atoms with E-state index in [9.17, 15) is 14.7 Å². The molecule has 176 valence electrons. The highest BCUT2D eigenvalue weighted by Gasteiger charge is 2.34. The number of carbonyl (C=O) groups is 2. The Morgan fingerprint density at radius 1 is 0.971 bits per heavy atom. The maximum atomic E-state index is 12.6. The molecule has 1 aliphatic rings. The molecule has 1 aliphatic carbocycles. The minimum atomic E-state index is -1.09. The lowest BCUT2D eigenvalue weighted by molar-refractivity contribution is -0.138. The van der Waals surface area contributed by atoms with Gasteiger partial charge in [-0.05, 0) is 46.9 Å². The number of methoxy groups -OCH3 is 1. The van der Waals surface area contributed by atoms with Gasteiger partial charge in [0.1, 0.15) is 17.9 Å². The van der Waals surface area contributed by atoms with Gasteiger partial charge in [-0.2, -0.15) is 11.8 Å². The molecule has 2 atom stereocenters. The second-order valence-electron chi connectivity index (χ2n) is 8.16. The van der Waals surface area contributed by atoms with E-state index in [0.717, 1.165) is 33.6 Å². The summed E-state index contributed by atoms with van der Waals surface area (Å²) in [6.07, 6.45) is -1.20. The Hall–Kier alpha value is -3.45. The SMILES string of the molecule is COc1ccc(CSC[C@@H](NC(=O)OC(C)C2c3ccccc3-c3ccccc32)C(=O)O)cc1. The summed E-state index contributed by atoms with van der Waals surface area (Å²) in [7, 11) is 1.61. The highest BCUT2D eigenvalue weighted by atomic mass is 32.2. The molecule has 34 heavy (non-hydrogen) atoms. The van der Waals surface area contributed by atoms with Crippen molar-refractivity contribution in [2.24, 2.45) is 0 Å². The highest BCUT2D eigenvalue weighted by molar-refractivity contribution is 7.98. The lowest BCUT2D eigenvalue weighted by atomic mass is 9.92. The van der Waals surface area contributed by atoms with E-state index in [1.54, 1.807) is 7.11 Å². The van der Waals surface area contributed by atoms with Gasteiger partial charge in [-0.15, -0.1) is 0 Å². The number of ether oxygens (including phenoxy) is 2. The summed E-state index contributed by atoms with van der Waals surface area (Å²) in [5, 5.41) is 12.1. The van der Waals surface area contributed by atoms with Crippen LogP contribution in [0.1, 0.15) is 29.5 Å². The molecule has 7 heteroatoms. The second-order valence-corrected chi connectivity index (χ2v) is 9.19. The fourth-order valence-electron chi connectivity index (χ4n) is 4.30. The Labute approximate surface area is 203 Å². The molecule has 0 saturated carbocycles. The number of nitrogens with one attached hydrogen (secondary N) is 1. The molecule has 0 aliphatic heterocycles. The largest absolute Gasteiger partial charge is 0.497 e. The van der Waals surface area contributed by atoms with E-state index in [2.05, 4.69) is 17.4 Å². The maximum Gasteiger partial charge on any atom is 0.408 e. The zero-order valence-corrected chi connectivity index (χ0v) is 19.9. The molecule has 0 fully saturated rings. The molecule has 6 nitrogen and oxygen atoms in total. The number of fused-ring (bicyclic) bond motifs is 3. The molecular formula is C27H27NO5S. The van der Waals surface area contributed by atoms with Gasteiger partial charge in [0.2, 0.25) is 0 Å². The topological polar surface area (TPSA) is 84.9 Å². The third-order valence-electron chi connectivity index (χ3n) is 5.95. The summed E-state index contributed by atoms with van der Waals surface area (Å²) in [4.78, 5) is 24.4. The molecule has 0 bridgehead atoms. The molecule has 3 aromatic carbocycles. The monoisotopic (exact) mass is 477 g/mol. The molecule has 0 saturated heterocycles. The van der Waals surface area contributed by atoms with E-state index >= 15 is 0 Å². The summed E-state index contributed by atoms with van der Waals surface area (Å²) in [6.45, 7) is 1.84. The average Bonchev–Trinajstić information content (AvgIpc) is 3.18. The first-order valence-electron chi connectivity index (χ1n) is 11.1. The summed E-state index contributed by atoms with van der Waals surface area (Å²) in [6, 6.07) is 22.7. The number of carboxylic acids is 1. The second kappa shape index (κ2) is 10.7. The van der Waals surface area contributed by atoms with E-state index in [4.69, 9.17) is 9.47 Å². The Morgan fingerprint density at radius 2 is 1.56 bits per heavy atom. The zero-order valence-electron chi connectivity index (χ0n) is 19.1. The first-order chi connectivity index (χ1) is 16.5. The van der Waals surface area contributed by atoms with Gasteiger partial charge in [0.15, 0.2) is 0 Å². The first-order valence-corrected chi connectivity index (χ1v) is 12.2. The van der Waals surface area contributed by atoms with Crippen LogP contribution in [0.5, 0.6) is 5.75 Å². The molecule has 0 aromatic heterocycles. The average molecular weight is 478 g/mol. The Balaban J connectivity index is 1.36. The number of carboxylic acid groups (broad SMARTS) is 1. The fourth-order valence-corrected chi connectivity index (χ4v) is 5.31. The number of benzene rings is 3. The van der Waals surface area contributed by atoms with Gasteiger partial charge in [0.05, 0.1) is 7.11 Å². The minimum Gasteiger partial charge on any atom is -0.497 e. The highest BCUT2D eigenvalue weighted by Crippen LogP contribution is 2.46. The van der Waals surface area contributed by atoms with Crippen molar-refractivity contribution in [1.82, 2.24) is 5.32 Å². The van der Waals surface area contributed by atoms with E-state index in [1.165, 1.54) is 11.8 Å². The van der Waals surface area contributed by atoms with Gasteiger partial charge in [0.25, 0.3) is 0 Å². The van der Waals surface area contributed by atoms with E-state index in [1.807, 2.05) is 67.6 Å². The Bertz CT molecular complexity index is 1120.